The Labute approximate surface area is 157 Å². The molecule has 2 aromatic carbocycles. The first kappa shape index (κ1) is 16.9. The molecule has 0 atom stereocenters. The summed E-state index contributed by atoms with van der Waals surface area (Å²) < 4.78 is 0. The Bertz CT molecular complexity index is 980. The number of amides is 1. The van der Waals surface area contributed by atoms with Gasteiger partial charge in [0.15, 0.2) is 0 Å². The Balaban J connectivity index is 1.72. The van der Waals surface area contributed by atoms with Crippen LogP contribution in [-0.2, 0) is 0 Å². The highest BCUT2D eigenvalue weighted by Crippen LogP contribution is 2.32. The van der Waals surface area contributed by atoms with Gasteiger partial charge in [0.2, 0.25) is 0 Å². The van der Waals surface area contributed by atoms with Crippen LogP contribution in [0.15, 0.2) is 48.5 Å². The minimum Gasteiger partial charge on any atom is -0.370 e. The van der Waals surface area contributed by atoms with Crippen molar-refractivity contribution < 1.29 is 4.79 Å². The summed E-state index contributed by atoms with van der Waals surface area (Å²) in [6.07, 6.45) is 2.34. The molecule has 0 aliphatic carbocycles. The Morgan fingerprint density at radius 2 is 1.88 bits per heavy atom. The van der Waals surface area contributed by atoms with Gasteiger partial charge in [-0.25, -0.2) is 0 Å². The van der Waals surface area contributed by atoms with E-state index in [1.807, 2.05) is 55.5 Å². The largest absolute Gasteiger partial charge is 0.370 e. The van der Waals surface area contributed by atoms with Gasteiger partial charge in [-0.2, -0.15) is 0 Å². The number of hydrogen-bond acceptors (Lipinski definition) is 3. The summed E-state index contributed by atoms with van der Waals surface area (Å²) in [5.41, 5.74) is 4.04. The highest BCUT2D eigenvalue weighted by atomic mass is 35.5. The maximum absolute atomic E-state index is 13.1. The number of pyridine rings is 1. The zero-order valence-corrected chi connectivity index (χ0v) is 15.4. The lowest BCUT2D eigenvalue weighted by atomic mass is 10.1. The molecule has 1 aliphatic rings. The molecule has 1 aromatic heterocycles. The molecule has 4 nitrogen and oxygen atoms in total. The lowest BCUT2D eigenvalue weighted by molar-refractivity contribution is 0.102. The Kier molecular flexibility index (Phi) is 4.51. The molecule has 1 N–H and O–H groups in total. The van der Waals surface area contributed by atoms with Crippen molar-refractivity contribution in [3.63, 3.8) is 0 Å². The van der Waals surface area contributed by atoms with Gasteiger partial charge in [0.1, 0.15) is 0 Å². The molecule has 1 aliphatic heterocycles. The van der Waals surface area contributed by atoms with E-state index in [0.717, 1.165) is 41.1 Å². The smallest absolute Gasteiger partial charge is 0.256 e. The third-order valence-corrected chi connectivity index (χ3v) is 4.98. The first-order valence-electron chi connectivity index (χ1n) is 8.84. The molecule has 0 radical (unpaired) electrons. The van der Waals surface area contributed by atoms with Crippen LogP contribution >= 0.6 is 11.6 Å². The molecule has 2 heterocycles. The van der Waals surface area contributed by atoms with Crippen LogP contribution in [0, 0.1) is 6.92 Å². The molecule has 0 saturated carbocycles. The van der Waals surface area contributed by atoms with Gasteiger partial charge < -0.3 is 10.2 Å². The number of fused-ring (bicyclic) bond motifs is 1. The highest BCUT2D eigenvalue weighted by molar-refractivity contribution is 6.31. The van der Waals surface area contributed by atoms with Crippen LogP contribution in [0.3, 0.4) is 0 Å². The topological polar surface area (TPSA) is 45.2 Å². The van der Waals surface area contributed by atoms with E-state index >= 15 is 0 Å². The Morgan fingerprint density at radius 3 is 2.69 bits per heavy atom. The molecule has 0 bridgehead atoms. The number of benzene rings is 2. The lowest BCUT2D eigenvalue weighted by Crippen LogP contribution is -2.21. The van der Waals surface area contributed by atoms with Crippen LogP contribution in [0.4, 0.5) is 11.4 Å². The third kappa shape index (κ3) is 3.25. The molecule has 1 saturated heterocycles. The average molecular weight is 366 g/mol. The van der Waals surface area contributed by atoms with Crippen LogP contribution < -0.4 is 10.2 Å². The SMILES string of the molecule is Cc1cc(C(=O)Nc2cc(Cl)ccc2N2CCCC2)c2ccccc2n1. The van der Waals surface area contributed by atoms with Crippen molar-refractivity contribution in [1.29, 1.82) is 0 Å². The number of nitrogens with one attached hydrogen (secondary N) is 1. The number of hydrogen-bond donors (Lipinski definition) is 1. The van der Waals surface area contributed by atoms with Gasteiger partial charge in [-0.15, -0.1) is 0 Å². The molecule has 5 heteroatoms. The van der Waals surface area contributed by atoms with Crippen molar-refractivity contribution in [2.45, 2.75) is 19.8 Å². The molecule has 26 heavy (non-hydrogen) atoms. The maximum Gasteiger partial charge on any atom is 0.256 e. The van der Waals surface area contributed by atoms with Gasteiger partial charge in [-0.3, -0.25) is 9.78 Å². The summed E-state index contributed by atoms with van der Waals surface area (Å²) in [5.74, 6) is -0.144. The minimum absolute atomic E-state index is 0.144. The highest BCUT2D eigenvalue weighted by Gasteiger charge is 2.19. The number of carbonyl (C=O) groups excluding carboxylic acids is 1. The van der Waals surface area contributed by atoms with Crippen molar-refractivity contribution in [2.24, 2.45) is 0 Å². The predicted molar refractivity (Wildman–Crippen MR) is 107 cm³/mol. The number of aromatic nitrogens is 1. The first-order chi connectivity index (χ1) is 12.6. The van der Waals surface area contributed by atoms with Crippen LogP contribution in [0.5, 0.6) is 0 Å². The molecular formula is C21H20ClN3O. The van der Waals surface area contributed by atoms with Gasteiger partial charge in [-0.05, 0) is 50.1 Å². The van der Waals surface area contributed by atoms with Gasteiger partial charge in [0, 0.05) is 29.2 Å². The third-order valence-electron chi connectivity index (χ3n) is 4.74. The Hall–Kier alpha value is -2.59. The fourth-order valence-electron chi connectivity index (χ4n) is 3.53. The number of halogens is 1. The van der Waals surface area contributed by atoms with E-state index in [0.29, 0.717) is 10.6 Å². The summed E-state index contributed by atoms with van der Waals surface area (Å²) in [7, 11) is 0. The summed E-state index contributed by atoms with van der Waals surface area (Å²) in [6.45, 7) is 3.90. The fourth-order valence-corrected chi connectivity index (χ4v) is 3.70. The molecule has 0 spiro atoms. The van der Waals surface area contributed by atoms with Crippen molar-refractivity contribution >= 4 is 39.8 Å². The number of nitrogens with zero attached hydrogens (tertiary/aromatic N) is 2. The van der Waals surface area contributed by atoms with Crippen molar-refractivity contribution in [2.75, 3.05) is 23.3 Å². The molecular weight excluding hydrogens is 346 g/mol. The summed E-state index contributed by atoms with van der Waals surface area (Å²) in [5, 5.41) is 4.53. The van der Waals surface area contributed by atoms with E-state index in [4.69, 9.17) is 11.6 Å². The monoisotopic (exact) mass is 365 g/mol. The maximum atomic E-state index is 13.1. The summed E-state index contributed by atoms with van der Waals surface area (Å²) in [4.78, 5) is 19.9. The van der Waals surface area contributed by atoms with E-state index in [9.17, 15) is 4.79 Å². The molecule has 3 aromatic rings. The molecule has 4 rings (SSSR count). The lowest BCUT2D eigenvalue weighted by Gasteiger charge is -2.22. The van der Waals surface area contributed by atoms with E-state index < -0.39 is 0 Å². The average Bonchev–Trinajstić information content (AvgIpc) is 3.15. The van der Waals surface area contributed by atoms with Crippen molar-refractivity contribution in [3.8, 4) is 0 Å². The van der Waals surface area contributed by atoms with Gasteiger partial charge >= 0.3 is 0 Å². The zero-order valence-electron chi connectivity index (χ0n) is 14.6. The number of anilines is 2. The first-order valence-corrected chi connectivity index (χ1v) is 9.22. The second kappa shape index (κ2) is 6.96. The number of carbonyl (C=O) groups is 1. The van der Waals surface area contributed by atoms with E-state index in [1.54, 1.807) is 0 Å². The zero-order chi connectivity index (χ0) is 18.1. The van der Waals surface area contributed by atoms with Gasteiger partial charge in [0.25, 0.3) is 5.91 Å². The molecule has 0 unspecified atom stereocenters. The predicted octanol–water partition coefficient (Wildman–Crippen LogP) is 5.05. The summed E-state index contributed by atoms with van der Waals surface area (Å²) in [6, 6.07) is 15.2. The second-order valence-electron chi connectivity index (χ2n) is 6.64. The standard InChI is InChI=1S/C21H20ClN3O/c1-14-12-17(16-6-2-3-7-18(16)23-14)21(26)24-19-13-15(22)8-9-20(19)25-10-4-5-11-25/h2-3,6-9,12-13H,4-5,10-11H2,1H3,(H,24,26). The molecule has 1 amide bonds. The normalized spacial score (nSPS) is 14.0. The number of para-hydroxylation sites is 1. The van der Waals surface area contributed by atoms with Crippen molar-refractivity contribution in [1.82, 2.24) is 4.98 Å². The van der Waals surface area contributed by atoms with Crippen LogP contribution in [0.25, 0.3) is 10.9 Å². The molecule has 1 fully saturated rings. The van der Waals surface area contributed by atoms with Crippen LogP contribution in [0.2, 0.25) is 5.02 Å². The number of rotatable bonds is 3. The quantitative estimate of drug-likeness (QED) is 0.706. The van der Waals surface area contributed by atoms with E-state index in [-0.39, 0.29) is 5.91 Å². The fraction of sp³-hybridized carbons (Fsp3) is 0.238. The minimum atomic E-state index is -0.144. The van der Waals surface area contributed by atoms with E-state index in [2.05, 4.69) is 15.2 Å². The van der Waals surface area contributed by atoms with Crippen LogP contribution in [0.1, 0.15) is 28.9 Å². The van der Waals surface area contributed by atoms with Crippen LogP contribution in [-0.4, -0.2) is 24.0 Å². The second-order valence-corrected chi connectivity index (χ2v) is 7.07. The number of aryl methyl sites for hydroxylation is 1. The summed E-state index contributed by atoms with van der Waals surface area (Å²) >= 11 is 6.19. The van der Waals surface area contributed by atoms with Gasteiger partial charge in [-0.1, -0.05) is 29.8 Å². The molecule has 132 valence electrons. The van der Waals surface area contributed by atoms with E-state index in [1.165, 1.54) is 12.8 Å². The van der Waals surface area contributed by atoms with Gasteiger partial charge in [0.05, 0.1) is 22.5 Å². The van der Waals surface area contributed by atoms with Crippen molar-refractivity contribution in [3.05, 3.63) is 64.8 Å². The Morgan fingerprint density at radius 1 is 1.12 bits per heavy atom.